The summed E-state index contributed by atoms with van der Waals surface area (Å²) in [4.78, 5) is 0. The Bertz CT molecular complexity index is 615. The Morgan fingerprint density at radius 2 is 1.70 bits per heavy atom. The van der Waals surface area contributed by atoms with E-state index in [2.05, 4.69) is 15.9 Å². The molecule has 2 aromatic carbocycles. The van der Waals surface area contributed by atoms with Crippen LogP contribution in [0.2, 0.25) is 0 Å². The van der Waals surface area contributed by atoms with Crippen molar-refractivity contribution in [3.05, 3.63) is 58.1 Å². The highest BCUT2D eigenvalue weighted by molar-refractivity contribution is 9.10. The summed E-state index contributed by atoms with van der Waals surface area (Å²) < 4.78 is 12.4. The molecule has 0 saturated heterocycles. The van der Waals surface area contributed by atoms with Gasteiger partial charge in [-0.25, -0.2) is 0 Å². The lowest BCUT2D eigenvalue weighted by Crippen LogP contribution is -1.97. The minimum atomic E-state index is -0.204. The fraction of sp³-hybridized carbons (Fsp3) is 0.250. The summed E-state index contributed by atoms with van der Waals surface area (Å²) in [7, 11) is 0. The molecule has 0 bridgehead atoms. The Labute approximate surface area is 131 Å². The fourth-order valence-corrected chi connectivity index (χ4v) is 2.88. The van der Waals surface area contributed by atoms with Gasteiger partial charge in [-0.3, -0.25) is 0 Å². The second-order valence-corrected chi connectivity index (χ2v) is 6.03. The van der Waals surface area contributed by atoms with Crippen LogP contribution >= 0.6 is 27.5 Å². The van der Waals surface area contributed by atoms with Crippen LogP contribution in [0.4, 0.5) is 0 Å². The Kier molecular flexibility index (Phi) is 4.18. The quantitative estimate of drug-likeness (QED) is 0.712. The molecular formula is C16H14BrClO2. The first-order chi connectivity index (χ1) is 9.74. The zero-order valence-corrected chi connectivity index (χ0v) is 13.2. The third kappa shape index (κ3) is 2.94. The van der Waals surface area contributed by atoms with E-state index in [1.807, 2.05) is 42.5 Å². The lowest BCUT2D eigenvalue weighted by Gasteiger charge is -2.14. The molecule has 4 heteroatoms. The summed E-state index contributed by atoms with van der Waals surface area (Å²) in [5.41, 5.74) is 2.06. The Morgan fingerprint density at radius 3 is 2.50 bits per heavy atom. The molecule has 0 aliphatic carbocycles. The average Bonchev–Trinajstić information content (AvgIpc) is 2.71. The van der Waals surface area contributed by atoms with Crippen LogP contribution in [0.25, 0.3) is 0 Å². The highest BCUT2D eigenvalue weighted by Crippen LogP contribution is 2.37. The summed E-state index contributed by atoms with van der Waals surface area (Å²) in [6.07, 6.45) is 0.903. The lowest BCUT2D eigenvalue weighted by atomic mass is 10.0. The third-order valence-electron chi connectivity index (χ3n) is 3.21. The maximum absolute atomic E-state index is 6.57. The minimum Gasteiger partial charge on any atom is -0.490 e. The van der Waals surface area contributed by atoms with Gasteiger partial charge in [0, 0.05) is 10.9 Å². The van der Waals surface area contributed by atoms with E-state index in [1.165, 1.54) is 0 Å². The van der Waals surface area contributed by atoms with E-state index in [0.29, 0.717) is 13.2 Å². The van der Waals surface area contributed by atoms with E-state index in [4.69, 9.17) is 21.1 Å². The lowest BCUT2D eigenvalue weighted by molar-refractivity contribution is 0.297. The van der Waals surface area contributed by atoms with Crippen LogP contribution < -0.4 is 9.47 Å². The average molecular weight is 354 g/mol. The van der Waals surface area contributed by atoms with E-state index in [0.717, 1.165) is 33.5 Å². The molecule has 1 atom stereocenters. The van der Waals surface area contributed by atoms with E-state index in [-0.39, 0.29) is 5.38 Å². The maximum Gasteiger partial charge on any atom is 0.161 e. The first-order valence-electron chi connectivity index (χ1n) is 6.53. The van der Waals surface area contributed by atoms with Gasteiger partial charge in [-0.2, -0.15) is 0 Å². The van der Waals surface area contributed by atoms with Gasteiger partial charge in [0.1, 0.15) is 0 Å². The molecule has 104 valence electrons. The summed E-state index contributed by atoms with van der Waals surface area (Å²) >= 11 is 10.0. The summed E-state index contributed by atoms with van der Waals surface area (Å²) in [5.74, 6) is 1.57. The first-order valence-corrected chi connectivity index (χ1v) is 7.76. The molecule has 0 N–H and O–H groups in total. The summed E-state index contributed by atoms with van der Waals surface area (Å²) in [6, 6.07) is 13.9. The maximum atomic E-state index is 6.57. The Balaban J connectivity index is 1.92. The standard InChI is InChI=1S/C16H14BrClO2/c17-13-4-1-3-11(9-13)16(18)12-5-6-14-15(10-12)20-8-2-7-19-14/h1,3-6,9-10,16H,2,7-8H2. The fourth-order valence-electron chi connectivity index (χ4n) is 2.19. The smallest absolute Gasteiger partial charge is 0.161 e. The van der Waals surface area contributed by atoms with Crippen LogP contribution in [-0.2, 0) is 0 Å². The van der Waals surface area contributed by atoms with Crippen LogP contribution in [0.3, 0.4) is 0 Å². The monoisotopic (exact) mass is 352 g/mol. The van der Waals surface area contributed by atoms with Crippen molar-refractivity contribution in [1.29, 1.82) is 0 Å². The Morgan fingerprint density at radius 1 is 0.950 bits per heavy atom. The predicted octanol–water partition coefficient (Wildman–Crippen LogP) is 4.94. The first kappa shape index (κ1) is 13.8. The van der Waals surface area contributed by atoms with Crippen molar-refractivity contribution in [2.75, 3.05) is 13.2 Å². The molecule has 1 unspecified atom stereocenters. The number of rotatable bonds is 2. The number of hydrogen-bond donors (Lipinski definition) is 0. The van der Waals surface area contributed by atoms with Crippen molar-refractivity contribution in [3.8, 4) is 11.5 Å². The molecule has 0 saturated carbocycles. The van der Waals surface area contributed by atoms with E-state index >= 15 is 0 Å². The number of ether oxygens (including phenoxy) is 2. The molecule has 1 aliphatic heterocycles. The number of hydrogen-bond acceptors (Lipinski definition) is 2. The van der Waals surface area contributed by atoms with Gasteiger partial charge in [0.25, 0.3) is 0 Å². The zero-order valence-electron chi connectivity index (χ0n) is 10.8. The molecule has 2 aromatic rings. The molecule has 0 fully saturated rings. The van der Waals surface area contributed by atoms with Crippen molar-refractivity contribution in [1.82, 2.24) is 0 Å². The van der Waals surface area contributed by atoms with Crippen LogP contribution in [-0.4, -0.2) is 13.2 Å². The van der Waals surface area contributed by atoms with Crippen LogP contribution in [0.1, 0.15) is 22.9 Å². The van der Waals surface area contributed by atoms with E-state index < -0.39 is 0 Å². The molecule has 20 heavy (non-hydrogen) atoms. The molecule has 0 aromatic heterocycles. The summed E-state index contributed by atoms with van der Waals surface area (Å²) in [6.45, 7) is 1.38. The largest absolute Gasteiger partial charge is 0.490 e. The topological polar surface area (TPSA) is 18.5 Å². The van der Waals surface area contributed by atoms with Gasteiger partial charge in [0.2, 0.25) is 0 Å². The van der Waals surface area contributed by atoms with Crippen molar-refractivity contribution >= 4 is 27.5 Å². The van der Waals surface area contributed by atoms with Crippen molar-refractivity contribution < 1.29 is 9.47 Å². The minimum absolute atomic E-state index is 0.204. The Hall–Kier alpha value is -1.19. The van der Waals surface area contributed by atoms with Crippen molar-refractivity contribution in [2.24, 2.45) is 0 Å². The molecule has 1 heterocycles. The summed E-state index contributed by atoms with van der Waals surface area (Å²) in [5, 5.41) is -0.204. The van der Waals surface area contributed by atoms with Gasteiger partial charge < -0.3 is 9.47 Å². The molecule has 0 radical (unpaired) electrons. The highest BCUT2D eigenvalue weighted by atomic mass is 79.9. The molecular weight excluding hydrogens is 340 g/mol. The van der Waals surface area contributed by atoms with Crippen LogP contribution in [0, 0.1) is 0 Å². The van der Waals surface area contributed by atoms with Gasteiger partial charge in [-0.15, -0.1) is 11.6 Å². The number of benzene rings is 2. The molecule has 2 nitrogen and oxygen atoms in total. The molecule has 1 aliphatic rings. The number of halogens is 2. The second-order valence-electron chi connectivity index (χ2n) is 4.67. The van der Waals surface area contributed by atoms with Gasteiger partial charge in [0.05, 0.1) is 18.6 Å². The van der Waals surface area contributed by atoms with Gasteiger partial charge >= 0.3 is 0 Å². The van der Waals surface area contributed by atoms with Gasteiger partial charge in [-0.05, 0) is 35.4 Å². The SMILES string of the molecule is ClC(c1cccc(Br)c1)c1ccc2c(c1)OCCCO2. The van der Waals surface area contributed by atoms with Gasteiger partial charge in [0.15, 0.2) is 11.5 Å². The molecule has 3 rings (SSSR count). The zero-order chi connectivity index (χ0) is 13.9. The van der Waals surface area contributed by atoms with Crippen LogP contribution in [0.5, 0.6) is 11.5 Å². The second kappa shape index (κ2) is 6.06. The van der Waals surface area contributed by atoms with Crippen LogP contribution in [0.15, 0.2) is 46.9 Å². The normalized spacial score (nSPS) is 15.5. The van der Waals surface area contributed by atoms with E-state index in [9.17, 15) is 0 Å². The third-order valence-corrected chi connectivity index (χ3v) is 4.20. The highest BCUT2D eigenvalue weighted by Gasteiger charge is 2.16. The number of alkyl halides is 1. The van der Waals surface area contributed by atoms with Gasteiger partial charge in [-0.1, -0.05) is 34.1 Å². The predicted molar refractivity (Wildman–Crippen MR) is 83.9 cm³/mol. The van der Waals surface area contributed by atoms with Crippen molar-refractivity contribution in [3.63, 3.8) is 0 Å². The van der Waals surface area contributed by atoms with E-state index in [1.54, 1.807) is 0 Å². The van der Waals surface area contributed by atoms with Crippen molar-refractivity contribution in [2.45, 2.75) is 11.8 Å². The molecule has 0 amide bonds. The molecule has 0 spiro atoms. The number of fused-ring (bicyclic) bond motifs is 1.